The average Bonchev–Trinajstić information content (AvgIpc) is 2.49. The summed E-state index contributed by atoms with van der Waals surface area (Å²) >= 11 is 0. The lowest BCUT2D eigenvalue weighted by Crippen LogP contribution is -2.13. The Hall–Kier alpha value is -2.60. The molecule has 2 aromatic carbocycles. The first-order valence-electron chi connectivity index (χ1n) is 5.79. The van der Waals surface area contributed by atoms with Crippen LogP contribution in [0, 0.1) is 5.82 Å². The summed E-state index contributed by atoms with van der Waals surface area (Å²) < 4.78 is 19.3. The van der Waals surface area contributed by atoms with Crippen molar-refractivity contribution in [3.63, 3.8) is 0 Å². The first kappa shape index (κ1) is 13.8. The van der Waals surface area contributed by atoms with Gasteiger partial charge in [0.05, 0.1) is 6.61 Å². The molecular weight excluding hydrogens is 263 g/mol. The molecule has 104 valence electrons. The number of aliphatic hydroxyl groups is 1. The monoisotopic (exact) mass is 276 g/mol. The van der Waals surface area contributed by atoms with E-state index in [4.69, 9.17) is 15.7 Å². The van der Waals surface area contributed by atoms with Crippen molar-refractivity contribution in [2.24, 2.45) is 10.9 Å². The molecule has 2 rings (SSSR count). The van der Waals surface area contributed by atoms with Gasteiger partial charge in [-0.2, -0.15) is 0 Å². The highest BCUT2D eigenvalue weighted by atomic mass is 19.1. The van der Waals surface area contributed by atoms with E-state index in [0.717, 1.165) is 6.07 Å². The summed E-state index contributed by atoms with van der Waals surface area (Å²) in [4.78, 5) is 0. The summed E-state index contributed by atoms with van der Waals surface area (Å²) in [6.07, 6.45) is 0. The molecule has 5 nitrogen and oxygen atoms in total. The first-order chi connectivity index (χ1) is 9.65. The second kappa shape index (κ2) is 6.03. The molecule has 0 radical (unpaired) electrons. The number of aliphatic hydroxyl groups excluding tert-OH is 1. The fourth-order valence-electron chi connectivity index (χ4n) is 1.65. The smallest absolute Gasteiger partial charge is 0.170 e. The summed E-state index contributed by atoms with van der Waals surface area (Å²) in [7, 11) is 0. The number of benzene rings is 2. The Kier molecular flexibility index (Phi) is 4.17. The number of halogens is 1. The standard InChI is InChI=1S/C14H13FN2O3/c15-11-7-9(14(16)17-19)5-6-13(11)20-12-4-2-1-3-10(12)8-18/h1-7,18-19H,8H2,(H2,16,17). The largest absolute Gasteiger partial charge is 0.454 e. The molecule has 0 aromatic heterocycles. The van der Waals surface area contributed by atoms with Crippen LogP contribution in [0.15, 0.2) is 47.6 Å². The maximum Gasteiger partial charge on any atom is 0.170 e. The van der Waals surface area contributed by atoms with Crippen LogP contribution in [0.1, 0.15) is 11.1 Å². The quantitative estimate of drug-likeness (QED) is 0.346. The number of rotatable bonds is 4. The van der Waals surface area contributed by atoms with Gasteiger partial charge in [-0.3, -0.25) is 0 Å². The summed E-state index contributed by atoms with van der Waals surface area (Å²) in [5, 5.41) is 20.5. The van der Waals surface area contributed by atoms with Crippen LogP contribution in [-0.4, -0.2) is 16.1 Å². The van der Waals surface area contributed by atoms with Crippen molar-refractivity contribution < 1.29 is 19.4 Å². The molecule has 0 aliphatic carbocycles. The number of nitrogens with two attached hydrogens (primary N) is 1. The number of amidine groups is 1. The van der Waals surface area contributed by atoms with Gasteiger partial charge < -0.3 is 20.8 Å². The van der Waals surface area contributed by atoms with E-state index < -0.39 is 5.82 Å². The van der Waals surface area contributed by atoms with Crippen LogP contribution >= 0.6 is 0 Å². The Bertz CT molecular complexity index is 644. The van der Waals surface area contributed by atoms with E-state index >= 15 is 0 Å². The van der Waals surface area contributed by atoms with Crippen LogP contribution in [0.4, 0.5) is 4.39 Å². The minimum Gasteiger partial charge on any atom is -0.454 e. The Labute approximate surface area is 114 Å². The lowest BCUT2D eigenvalue weighted by atomic mass is 10.2. The molecule has 0 heterocycles. The van der Waals surface area contributed by atoms with Crippen LogP contribution < -0.4 is 10.5 Å². The zero-order valence-corrected chi connectivity index (χ0v) is 10.5. The van der Waals surface area contributed by atoms with E-state index in [-0.39, 0.29) is 23.8 Å². The molecule has 0 saturated carbocycles. The average molecular weight is 276 g/mol. The van der Waals surface area contributed by atoms with E-state index in [0.29, 0.717) is 11.3 Å². The van der Waals surface area contributed by atoms with Crippen LogP contribution in [0.25, 0.3) is 0 Å². The molecule has 0 aliphatic rings. The molecule has 0 saturated heterocycles. The van der Waals surface area contributed by atoms with Crippen LogP contribution in [-0.2, 0) is 6.61 Å². The van der Waals surface area contributed by atoms with Crippen molar-refractivity contribution in [2.45, 2.75) is 6.61 Å². The van der Waals surface area contributed by atoms with E-state index in [1.165, 1.54) is 12.1 Å². The van der Waals surface area contributed by atoms with E-state index in [2.05, 4.69) is 5.16 Å². The molecule has 2 aromatic rings. The lowest BCUT2D eigenvalue weighted by Gasteiger charge is -2.10. The molecule has 0 fully saturated rings. The number of hydrogen-bond donors (Lipinski definition) is 3. The third kappa shape index (κ3) is 2.86. The second-order valence-electron chi connectivity index (χ2n) is 4.00. The molecule has 0 spiro atoms. The third-order valence-corrected chi connectivity index (χ3v) is 2.70. The molecule has 6 heteroatoms. The van der Waals surface area contributed by atoms with E-state index in [1.807, 2.05) is 0 Å². The van der Waals surface area contributed by atoms with Crippen molar-refractivity contribution in [3.05, 3.63) is 59.4 Å². The van der Waals surface area contributed by atoms with Gasteiger partial charge in [-0.15, -0.1) is 0 Å². The Morgan fingerprint density at radius 3 is 2.60 bits per heavy atom. The first-order valence-corrected chi connectivity index (χ1v) is 5.79. The van der Waals surface area contributed by atoms with Crippen molar-refractivity contribution in [2.75, 3.05) is 0 Å². The SMILES string of the molecule is NC(=NO)c1ccc(Oc2ccccc2CO)c(F)c1. The summed E-state index contributed by atoms with van der Waals surface area (Å²) in [5.74, 6) is -0.487. The van der Waals surface area contributed by atoms with Gasteiger partial charge in [0.1, 0.15) is 5.75 Å². The van der Waals surface area contributed by atoms with Gasteiger partial charge in [-0.25, -0.2) is 4.39 Å². The summed E-state index contributed by atoms with van der Waals surface area (Å²) in [6.45, 7) is -0.208. The third-order valence-electron chi connectivity index (χ3n) is 2.70. The van der Waals surface area contributed by atoms with Gasteiger partial charge in [0, 0.05) is 11.1 Å². The molecule has 4 N–H and O–H groups in total. The van der Waals surface area contributed by atoms with Gasteiger partial charge in [0.25, 0.3) is 0 Å². The molecule has 0 atom stereocenters. The van der Waals surface area contributed by atoms with Crippen LogP contribution in [0.3, 0.4) is 0 Å². The second-order valence-corrected chi connectivity index (χ2v) is 4.00. The molecule has 0 amide bonds. The van der Waals surface area contributed by atoms with Gasteiger partial charge in [0.15, 0.2) is 17.4 Å². The van der Waals surface area contributed by atoms with Crippen LogP contribution in [0.2, 0.25) is 0 Å². The summed E-state index contributed by atoms with van der Waals surface area (Å²) in [5.41, 5.74) is 6.16. The Morgan fingerprint density at radius 2 is 1.95 bits per heavy atom. The number of hydrogen-bond acceptors (Lipinski definition) is 4. The number of para-hydroxylation sites is 1. The zero-order chi connectivity index (χ0) is 14.5. The predicted molar refractivity (Wildman–Crippen MR) is 71.3 cm³/mol. The number of nitrogens with zero attached hydrogens (tertiary/aromatic N) is 1. The zero-order valence-electron chi connectivity index (χ0n) is 10.5. The fourth-order valence-corrected chi connectivity index (χ4v) is 1.65. The fraction of sp³-hybridized carbons (Fsp3) is 0.0714. The van der Waals surface area contributed by atoms with Crippen molar-refractivity contribution in [3.8, 4) is 11.5 Å². The van der Waals surface area contributed by atoms with Crippen LogP contribution in [0.5, 0.6) is 11.5 Å². The van der Waals surface area contributed by atoms with Crippen molar-refractivity contribution in [1.29, 1.82) is 0 Å². The van der Waals surface area contributed by atoms with Gasteiger partial charge in [0.2, 0.25) is 0 Å². The van der Waals surface area contributed by atoms with Gasteiger partial charge in [-0.05, 0) is 24.3 Å². The maximum atomic E-state index is 13.9. The highest BCUT2D eigenvalue weighted by molar-refractivity contribution is 5.97. The maximum absolute atomic E-state index is 13.9. The van der Waals surface area contributed by atoms with Gasteiger partial charge >= 0.3 is 0 Å². The van der Waals surface area contributed by atoms with Crippen molar-refractivity contribution >= 4 is 5.84 Å². The molecule has 0 unspecified atom stereocenters. The minimum absolute atomic E-state index is 0.0135. The lowest BCUT2D eigenvalue weighted by molar-refractivity contribution is 0.276. The van der Waals surface area contributed by atoms with E-state index in [9.17, 15) is 9.50 Å². The molecule has 0 bridgehead atoms. The Balaban J connectivity index is 2.30. The topological polar surface area (TPSA) is 88.1 Å². The molecular formula is C14H13FN2O3. The molecule has 20 heavy (non-hydrogen) atoms. The normalized spacial score (nSPS) is 11.4. The molecule has 0 aliphatic heterocycles. The summed E-state index contributed by atoms with van der Waals surface area (Å²) in [6, 6.07) is 10.7. The predicted octanol–water partition coefficient (Wildman–Crippen LogP) is 2.20. The van der Waals surface area contributed by atoms with Crippen molar-refractivity contribution in [1.82, 2.24) is 0 Å². The van der Waals surface area contributed by atoms with Gasteiger partial charge in [-0.1, -0.05) is 23.4 Å². The number of ether oxygens (including phenoxy) is 1. The van der Waals surface area contributed by atoms with E-state index in [1.54, 1.807) is 24.3 Å². The highest BCUT2D eigenvalue weighted by Gasteiger charge is 2.10. The highest BCUT2D eigenvalue weighted by Crippen LogP contribution is 2.28. The Morgan fingerprint density at radius 1 is 1.20 bits per heavy atom. The number of oxime groups is 1. The minimum atomic E-state index is -0.651.